The molecular weight excluding hydrogens is 499 g/mol. The van der Waals surface area contributed by atoms with E-state index in [4.69, 9.17) is 28.3 Å². The lowest BCUT2D eigenvalue weighted by Crippen LogP contribution is -2.38. The molecule has 0 atom stereocenters. The minimum absolute atomic E-state index is 0.165. The number of nitrogens with zero attached hydrogens (tertiary/aromatic N) is 2. The molecule has 1 amide bonds. The van der Waals surface area contributed by atoms with E-state index in [0.717, 1.165) is 0 Å². The lowest BCUT2D eigenvalue weighted by atomic mass is 10.3. The van der Waals surface area contributed by atoms with Gasteiger partial charge in [-0.15, -0.1) is 5.06 Å². The van der Waals surface area contributed by atoms with Crippen LogP contribution in [-0.4, -0.2) is 36.7 Å². The number of carbonyl (C=O) groups excluding carboxylic acids is 2. The maximum Gasteiger partial charge on any atom is 0.539 e. The van der Waals surface area contributed by atoms with Crippen LogP contribution in [0, 0.1) is 5.82 Å². The first kappa shape index (κ1) is 25.8. The fraction of sp³-hybridized carbons (Fsp3) is 0.0741. The molecule has 4 rings (SSSR count). The van der Waals surface area contributed by atoms with Gasteiger partial charge in [-0.1, -0.05) is 41.6 Å². The quantitative estimate of drug-likeness (QED) is 0.0845. The van der Waals surface area contributed by atoms with Gasteiger partial charge in [0.25, 0.3) is 5.95 Å². The van der Waals surface area contributed by atoms with Gasteiger partial charge in [0.05, 0.1) is 0 Å². The maximum absolute atomic E-state index is 13.0. The number of furan rings is 1. The summed E-state index contributed by atoms with van der Waals surface area (Å²) >= 11 is 0. The van der Waals surface area contributed by atoms with Crippen molar-refractivity contribution in [1.82, 2.24) is 5.06 Å². The molecule has 4 aromatic rings. The molecule has 0 fully saturated rings. The summed E-state index contributed by atoms with van der Waals surface area (Å²) in [7, 11) is 0. The molecule has 0 aliphatic rings. The zero-order valence-electron chi connectivity index (χ0n) is 19.8. The summed E-state index contributed by atoms with van der Waals surface area (Å²) in [5.74, 6) is 0.971. The fourth-order valence-electron chi connectivity index (χ4n) is 2.85. The van der Waals surface area contributed by atoms with E-state index < -0.39 is 12.2 Å². The van der Waals surface area contributed by atoms with Gasteiger partial charge in [0.15, 0.2) is 5.76 Å². The third-order valence-corrected chi connectivity index (χ3v) is 4.56. The van der Waals surface area contributed by atoms with Crippen molar-refractivity contribution in [2.24, 2.45) is 5.16 Å². The minimum atomic E-state index is -1.14. The van der Waals surface area contributed by atoms with Crippen LogP contribution in [0.15, 0.2) is 107 Å². The summed E-state index contributed by atoms with van der Waals surface area (Å²) in [6, 6.07) is 25.0. The number of amides is 1. The van der Waals surface area contributed by atoms with Gasteiger partial charge in [0.2, 0.25) is 0 Å². The van der Waals surface area contributed by atoms with E-state index in [2.05, 4.69) is 5.16 Å². The van der Waals surface area contributed by atoms with Crippen molar-refractivity contribution in [3.05, 3.63) is 109 Å². The summed E-state index contributed by atoms with van der Waals surface area (Å²) in [6.07, 6.45) is -0.842. The van der Waals surface area contributed by atoms with Gasteiger partial charge < -0.3 is 23.5 Å². The molecular formula is C27H21FN2O8. The Kier molecular flexibility index (Phi) is 8.89. The van der Waals surface area contributed by atoms with Crippen molar-refractivity contribution in [2.45, 2.75) is 0 Å². The zero-order chi connectivity index (χ0) is 26.6. The van der Waals surface area contributed by atoms with Crippen molar-refractivity contribution in [3.63, 3.8) is 0 Å². The van der Waals surface area contributed by atoms with E-state index in [1.54, 1.807) is 72.8 Å². The molecule has 0 saturated heterocycles. The Morgan fingerprint density at radius 3 is 2.16 bits per heavy atom. The smallest absolute Gasteiger partial charge is 0.426 e. The van der Waals surface area contributed by atoms with Crippen LogP contribution in [-0.2, 0) is 9.68 Å². The monoisotopic (exact) mass is 520 g/mol. The molecule has 38 heavy (non-hydrogen) atoms. The molecule has 194 valence electrons. The highest BCUT2D eigenvalue weighted by Gasteiger charge is 2.22. The average molecular weight is 520 g/mol. The van der Waals surface area contributed by atoms with Gasteiger partial charge in [-0.3, -0.25) is 4.84 Å². The van der Waals surface area contributed by atoms with Crippen molar-refractivity contribution in [2.75, 3.05) is 13.2 Å². The van der Waals surface area contributed by atoms with Gasteiger partial charge in [-0.2, -0.15) is 0 Å². The number of hydroxylamine groups is 2. The highest BCUT2D eigenvalue weighted by Crippen LogP contribution is 2.23. The largest absolute Gasteiger partial charge is 0.539 e. The number of carbonyl (C=O) groups is 2. The van der Waals surface area contributed by atoms with Crippen LogP contribution in [0.1, 0.15) is 5.76 Å². The van der Waals surface area contributed by atoms with Crippen LogP contribution in [0.4, 0.5) is 14.0 Å². The van der Waals surface area contributed by atoms with Crippen LogP contribution in [0.3, 0.4) is 0 Å². The molecule has 3 aromatic carbocycles. The number of rotatable bonds is 9. The highest BCUT2D eigenvalue weighted by atomic mass is 19.1. The van der Waals surface area contributed by atoms with Gasteiger partial charge in [-0.25, -0.2) is 14.0 Å². The minimum Gasteiger partial charge on any atom is -0.426 e. The normalized spacial score (nSPS) is 10.6. The zero-order valence-corrected chi connectivity index (χ0v) is 19.8. The summed E-state index contributed by atoms with van der Waals surface area (Å²) < 4.78 is 34.2. The fourth-order valence-corrected chi connectivity index (χ4v) is 2.85. The Bertz CT molecular complexity index is 1340. The number of benzene rings is 3. The van der Waals surface area contributed by atoms with E-state index in [0.29, 0.717) is 16.6 Å². The second-order valence-corrected chi connectivity index (χ2v) is 7.32. The van der Waals surface area contributed by atoms with E-state index in [9.17, 15) is 14.0 Å². The summed E-state index contributed by atoms with van der Waals surface area (Å²) in [4.78, 5) is 35.0. The third-order valence-electron chi connectivity index (χ3n) is 4.56. The standard InChI is InChI=1S/C27H21FN2O8/c28-20-11-13-23(14-12-20)34-25-16-15-24(35-25)19-29-33-18-17-30(26(31)36-21-7-3-1-4-8-21)38-27(32)37-22-9-5-2-6-10-22/h1-16,19H,17-18H2/b29-19+. The Labute approximate surface area is 216 Å². The highest BCUT2D eigenvalue weighted by molar-refractivity contribution is 5.75. The average Bonchev–Trinajstić information content (AvgIpc) is 3.37. The molecule has 10 nitrogen and oxygen atoms in total. The number of halogens is 1. The Hall–Kier alpha value is -5.32. The van der Waals surface area contributed by atoms with Crippen molar-refractivity contribution in [1.29, 1.82) is 0 Å². The second kappa shape index (κ2) is 13.1. The van der Waals surface area contributed by atoms with Gasteiger partial charge in [-0.05, 0) is 54.6 Å². The van der Waals surface area contributed by atoms with Crippen molar-refractivity contribution >= 4 is 18.5 Å². The van der Waals surface area contributed by atoms with Crippen LogP contribution < -0.4 is 14.2 Å². The molecule has 0 bridgehead atoms. The SMILES string of the molecule is O=C(Oc1ccccc1)ON(CCO/N=C/c1ccc(Oc2ccc(F)cc2)o1)C(=O)Oc1ccccc1. The van der Waals surface area contributed by atoms with Gasteiger partial charge in [0.1, 0.15) is 42.4 Å². The molecule has 11 heteroatoms. The van der Waals surface area contributed by atoms with Crippen LogP contribution >= 0.6 is 0 Å². The number of ether oxygens (including phenoxy) is 3. The predicted octanol–water partition coefficient (Wildman–Crippen LogP) is 6.19. The number of para-hydroxylation sites is 2. The molecule has 0 unspecified atom stereocenters. The van der Waals surface area contributed by atoms with Crippen LogP contribution in [0.25, 0.3) is 0 Å². The third kappa shape index (κ3) is 8.12. The first-order chi connectivity index (χ1) is 18.5. The van der Waals surface area contributed by atoms with E-state index >= 15 is 0 Å². The van der Waals surface area contributed by atoms with Gasteiger partial charge >= 0.3 is 12.2 Å². The first-order valence-corrected chi connectivity index (χ1v) is 11.2. The lowest BCUT2D eigenvalue weighted by molar-refractivity contribution is -0.0990. The summed E-state index contributed by atoms with van der Waals surface area (Å²) in [5.41, 5.74) is 0. The molecule has 0 spiro atoms. The van der Waals surface area contributed by atoms with Crippen LogP contribution in [0.5, 0.6) is 23.2 Å². The molecule has 1 heterocycles. The second-order valence-electron chi connectivity index (χ2n) is 7.32. The van der Waals surface area contributed by atoms with Crippen molar-refractivity contribution in [3.8, 4) is 23.2 Å². The molecule has 0 radical (unpaired) electrons. The van der Waals surface area contributed by atoms with Crippen molar-refractivity contribution < 1.29 is 42.3 Å². The summed E-state index contributed by atoms with van der Waals surface area (Å²) in [5, 5.41) is 4.41. The maximum atomic E-state index is 13.0. The number of oxime groups is 1. The predicted molar refractivity (Wildman–Crippen MR) is 131 cm³/mol. The molecule has 0 N–H and O–H groups in total. The molecule has 0 aliphatic heterocycles. The Morgan fingerprint density at radius 2 is 1.47 bits per heavy atom. The first-order valence-electron chi connectivity index (χ1n) is 11.2. The molecule has 0 aliphatic carbocycles. The molecule has 0 saturated carbocycles. The van der Waals surface area contributed by atoms with E-state index in [1.165, 1.54) is 30.5 Å². The summed E-state index contributed by atoms with van der Waals surface area (Å²) in [6.45, 7) is -0.400. The Morgan fingerprint density at radius 1 is 0.816 bits per heavy atom. The molecule has 1 aromatic heterocycles. The van der Waals surface area contributed by atoms with Crippen LogP contribution in [0.2, 0.25) is 0 Å². The van der Waals surface area contributed by atoms with E-state index in [1.807, 2.05) is 0 Å². The lowest BCUT2D eigenvalue weighted by Gasteiger charge is -2.19. The number of hydrogen-bond donors (Lipinski definition) is 0. The van der Waals surface area contributed by atoms with Gasteiger partial charge in [0, 0.05) is 6.07 Å². The number of hydrogen-bond acceptors (Lipinski definition) is 9. The van der Waals surface area contributed by atoms with E-state index in [-0.39, 0.29) is 36.4 Å². The topological polar surface area (TPSA) is 109 Å². The Balaban J connectivity index is 1.29.